The Kier molecular flexibility index (Phi) is 2.06. The Morgan fingerprint density at radius 3 is 2.44 bits per heavy atom. The van der Waals surface area contributed by atoms with Gasteiger partial charge in [-0.05, 0) is 6.42 Å². The van der Waals surface area contributed by atoms with Crippen LogP contribution in [0.5, 0.6) is 0 Å². The maximum atomic E-state index is 9.23. The molecule has 50 valence electrons. The van der Waals surface area contributed by atoms with Crippen molar-refractivity contribution in [3.8, 4) is 0 Å². The Hall–Kier alpha value is -0.560. The lowest BCUT2D eigenvalue weighted by molar-refractivity contribution is 0.173. The van der Waals surface area contributed by atoms with Gasteiger partial charge in [0.2, 0.25) is 0 Å². The summed E-state index contributed by atoms with van der Waals surface area (Å²) >= 11 is 0. The zero-order valence-corrected chi connectivity index (χ0v) is 5.62. The van der Waals surface area contributed by atoms with E-state index in [1.54, 1.807) is 0 Å². The van der Waals surface area contributed by atoms with Crippen LogP contribution in [-0.4, -0.2) is 11.2 Å². The Morgan fingerprint density at radius 1 is 1.33 bits per heavy atom. The van der Waals surface area contributed by atoms with E-state index in [9.17, 15) is 5.11 Å². The van der Waals surface area contributed by atoms with Gasteiger partial charge in [0.1, 0.15) is 0 Å². The highest BCUT2D eigenvalue weighted by Gasteiger charge is 2.11. The minimum absolute atomic E-state index is 0.250. The zero-order chi connectivity index (χ0) is 6.69. The van der Waals surface area contributed by atoms with Gasteiger partial charge < -0.3 is 5.11 Å². The molecule has 1 N–H and O–H groups in total. The molecule has 0 aliphatic heterocycles. The summed E-state index contributed by atoms with van der Waals surface area (Å²) in [6, 6.07) is 0. The highest BCUT2D eigenvalue weighted by molar-refractivity contribution is 5.14. The van der Waals surface area contributed by atoms with Crippen LogP contribution >= 0.6 is 0 Å². The van der Waals surface area contributed by atoms with Gasteiger partial charge in [0.05, 0.1) is 6.10 Å². The summed E-state index contributed by atoms with van der Waals surface area (Å²) in [6.45, 7) is 2.08. The second-order valence-electron chi connectivity index (χ2n) is 2.33. The first-order chi connectivity index (χ1) is 4.34. The molecule has 0 unspecified atom stereocenters. The fourth-order valence-corrected chi connectivity index (χ4v) is 1.02. The summed E-state index contributed by atoms with van der Waals surface area (Å²) in [7, 11) is 0. The number of rotatable bonds is 1. The first-order valence-corrected chi connectivity index (χ1v) is 3.37. The zero-order valence-electron chi connectivity index (χ0n) is 5.62. The van der Waals surface area contributed by atoms with Crippen LogP contribution in [0.4, 0.5) is 0 Å². The molecule has 1 aliphatic carbocycles. The fraction of sp³-hybridized carbons (Fsp3) is 0.500. The van der Waals surface area contributed by atoms with Crippen LogP contribution in [0.25, 0.3) is 0 Å². The van der Waals surface area contributed by atoms with Gasteiger partial charge >= 0.3 is 0 Å². The third-order valence-electron chi connectivity index (χ3n) is 1.69. The lowest BCUT2D eigenvalue weighted by Gasteiger charge is -2.16. The third kappa shape index (κ3) is 1.42. The fourth-order valence-electron chi connectivity index (χ4n) is 1.02. The third-order valence-corrected chi connectivity index (χ3v) is 1.69. The smallest absolute Gasteiger partial charge is 0.0786 e. The minimum atomic E-state index is -0.250. The number of hydrogen-bond donors (Lipinski definition) is 1. The van der Waals surface area contributed by atoms with Gasteiger partial charge in [-0.25, -0.2) is 0 Å². The Labute approximate surface area is 55.7 Å². The number of allylic oxidation sites excluding steroid dienone is 2. The van der Waals surface area contributed by atoms with Gasteiger partial charge in [-0.2, -0.15) is 0 Å². The van der Waals surface area contributed by atoms with Gasteiger partial charge in [0.25, 0.3) is 0 Å². The molecule has 0 fully saturated rings. The average molecular weight is 124 g/mol. The standard InChI is InChI=1S/C8H12O/c1-2-7-5-3-4-6-8(7)9/h3-9H,2H2,1H3/t7-,8-/m0/s1. The quantitative estimate of drug-likeness (QED) is 0.561. The van der Waals surface area contributed by atoms with Crippen molar-refractivity contribution < 1.29 is 5.11 Å². The molecule has 0 aromatic carbocycles. The lowest BCUT2D eigenvalue weighted by Crippen LogP contribution is -2.16. The first kappa shape index (κ1) is 6.56. The summed E-state index contributed by atoms with van der Waals surface area (Å²) in [5.41, 5.74) is 0. The minimum Gasteiger partial charge on any atom is -0.388 e. The highest BCUT2D eigenvalue weighted by atomic mass is 16.3. The van der Waals surface area contributed by atoms with Crippen LogP contribution in [0.1, 0.15) is 13.3 Å². The molecule has 2 atom stereocenters. The predicted molar refractivity (Wildman–Crippen MR) is 38.1 cm³/mol. The van der Waals surface area contributed by atoms with E-state index in [1.807, 2.05) is 24.3 Å². The van der Waals surface area contributed by atoms with Crippen molar-refractivity contribution in [3.05, 3.63) is 24.3 Å². The monoisotopic (exact) mass is 124 g/mol. The van der Waals surface area contributed by atoms with Crippen molar-refractivity contribution in [1.29, 1.82) is 0 Å². The van der Waals surface area contributed by atoms with E-state index in [4.69, 9.17) is 0 Å². The second kappa shape index (κ2) is 2.83. The molecule has 1 nitrogen and oxygen atoms in total. The molecule has 0 aromatic heterocycles. The van der Waals surface area contributed by atoms with Crippen LogP contribution < -0.4 is 0 Å². The van der Waals surface area contributed by atoms with Crippen LogP contribution in [0.2, 0.25) is 0 Å². The molecule has 9 heavy (non-hydrogen) atoms. The molecule has 0 saturated heterocycles. The first-order valence-electron chi connectivity index (χ1n) is 3.37. The molecule has 0 amide bonds. The molecule has 0 spiro atoms. The maximum absolute atomic E-state index is 9.23. The topological polar surface area (TPSA) is 20.2 Å². The predicted octanol–water partition coefficient (Wildman–Crippen LogP) is 1.50. The van der Waals surface area contributed by atoms with Gasteiger partial charge in [-0.1, -0.05) is 31.2 Å². The van der Waals surface area contributed by atoms with E-state index in [2.05, 4.69) is 6.92 Å². The molecular weight excluding hydrogens is 112 g/mol. The summed E-state index contributed by atoms with van der Waals surface area (Å²) in [4.78, 5) is 0. The van der Waals surface area contributed by atoms with E-state index < -0.39 is 0 Å². The Balaban J connectivity index is 2.55. The van der Waals surface area contributed by atoms with Crippen molar-refractivity contribution in [2.75, 3.05) is 0 Å². The lowest BCUT2D eigenvalue weighted by atomic mass is 9.95. The van der Waals surface area contributed by atoms with Gasteiger partial charge in [-0.3, -0.25) is 0 Å². The summed E-state index contributed by atoms with van der Waals surface area (Å²) < 4.78 is 0. The van der Waals surface area contributed by atoms with Crippen molar-refractivity contribution in [2.24, 2.45) is 5.92 Å². The van der Waals surface area contributed by atoms with E-state index in [-0.39, 0.29) is 6.10 Å². The average Bonchev–Trinajstić information content (AvgIpc) is 1.89. The van der Waals surface area contributed by atoms with E-state index >= 15 is 0 Å². The second-order valence-corrected chi connectivity index (χ2v) is 2.33. The van der Waals surface area contributed by atoms with Gasteiger partial charge in [0, 0.05) is 5.92 Å². The number of aliphatic hydroxyl groups is 1. The molecule has 0 saturated carbocycles. The van der Waals surface area contributed by atoms with E-state index in [0.717, 1.165) is 6.42 Å². The van der Waals surface area contributed by atoms with Crippen molar-refractivity contribution in [1.82, 2.24) is 0 Å². The molecule has 0 radical (unpaired) electrons. The van der Waals surface area contributed by atoms with Crippen LogP contribution in [0, 0.1) is 5.92 Å². The van der Waals surface area contributed by atoms with Crippen LogP contribution in [0.3, 0.4) is 0 Å². The number of hydrogen-bond acceptors (Lipinski definition) is 1. The van der Waals surface area contributed by atoms with E-state index in [0.29, 0.717) is 5.92 Å². The van der Waals surface area contributed by atoms with E-state index in [1.165, 1.54) is 0 Å². The molecule has 0 aromatic rings. The van der Waals surface area contributed by atoms with Crippen molar-refractivity contribution in [3.63, 3.8) is 0 Å². The summed E-state index contributed by atoms with van der Waals surface area (Å²) in [5.74, 6) is 0.343. The van der Waals surface area contributed by atoms with Gasteiger partial charge in [-0.15, -0.1) is 0 Å². The summed E-state index contributed by atoms with van der Waals surface area (Å²) in [5, 5.41) is 9.23. The maximum Gasteiger partial charge on any atom is 0.0786 e. The van der Waals surface area contributed by atoms with Crippen LogP contribution in [-0.2, 0) is 0 Å². The molecule has 0 bridgehead atoms. The molecule has 0 heterocycles. The number of aliphatic hydroxyl groups excluding tert-OH is 1. The summed E-state index contributed by atoms with van der Waals surface area (Å²) in [6.07, 6.45) is 8.51. The normalized spacial score (nSPS) is 33.1. The molecule has 1 heteroatoms. The SMILES string of the molecule is CC[C@H]1C=CC=C[C@@H]1O. The largest absolute Gasteiger partial charge is 0.388 e. The molecular formula is C8H12O. The Morgan fingerprint density at radius 2 is 2.00 bits per heavy atom. The van der Waals surface area contributed by atoms with Crippen LogP contribution in [0.15, 0.2) is 24.3 Å². The molecule has 1 aliphatic rings. The van der Waals surface area contributed by atoms with Crippen molar-refractivity contribution >= 4 is 0 Å². The Bertz CT molecular complexity index is 136. The van der Waals surface area contributed by atoms with Crippen molar-refractivity contribution in [2.45, 2.75) is 19.4 Å². The van der Waals surface area contributed by atoms with Gasteiger partial charge in [0.15, 0.2) is 0 Å². The molecule has 1 rings (SSSR count). The highest BCUT2D eigenvalue weighted by Crippen LogP contribution is 2.14.